The number of ether oxygens (including phenoxy) is 1. The Labute approximate surface area is 156 Å². The minimum atomic E-state index is -4.84. The van der Waals surface area contributed by atoms with E-state index < -0.39 is 35.5 Å². The Kier molecular flexibility index (Phi) is 9.25. The summed E-state index contributed by atoms with van der Waals surface area (Å²) in [7, 11) is 0. The molecular formula is C19H25F4NO3. The Balaban J connectivity index is 2.45. The lowest BCUT2D eigenvalue weighted by Crippen LogP contribution is -2.39. The van der Waals surface area contributed by atoms with Crippen molar-refractivity contribution in [3.63, 3.8) is 0 Å². The van der Waals surface area contributed by atoms with Crippen molar-refractivity contribution in [1.82, 2.24) is 5.32 Å². The summed E-state index contributed by atoms with van der Waals surface area (Å²) in [5.74, 6) is -3.05. The quantitative estimate of drug-likeness (QED) is 0.352. The number of unbranched alkanes of at least 4 members (excludes halogenated alkanes) is 5. The van der Waals surface area contributed by atoms with Crippen LogP contribution in [0.4, 0.5) is 17.6 Å². The number of nitrogens with one attached hydrogen (secondary N) is 1. The molecule has 1 amide bonds. The Bertz CT molecular complexity index is 632. The van der Waals surface area contributed by atoms with Gasteiger partial charge in [-0.15, -0.1) is 0 Å². The van der Waals surface area contributed by atoms with Crippen molar-refractivity contribution in [2.45, 2.75) is 64.6 Å². The second-order valence-corrected chi connectivity index (χ2v) is 6.32. The molecule has 1 N–H and O–H groups in total. The van der Waals surface area contributed by atoms with E-state index in [9.17, 15) is 27.2 Å². The van der Waals surface area contributed by atoms with Crippen molar-refractivity contribution in [3.8, 4) is 0 Å². The van der Waals surface area contributed by atoms with Crippen LogP contribution in [-0.4, -0.2) is 24.5 Å². The molecule has 0 heterocycles. The zero-order valence-corrected chi connectivity index (χ0v) is 15.5. The van der Waals surface area contributed by atoms with Gasteiger partial charge in [-0.2, -0.15) is 13.2 Å². The number of halogens is 4. The molecule has 1 unspecified atom stereocenters. The van der Waals surface area contributed by atoms with Gasteiger partial charge in [-0.1, -0.05) is 39.0 Å². The Hall–Kier alpha value is -2.12. The van der Waals surface area contributed by atoms with Gasteiger partial charge in [0.1, 0.15) is 11.9 Å². The molecule has 0 bridgehead atoms. The van der Waals surface area contributed by atoms with Crippen molar-refractivity contribution >= 4 is 11.9 Å². The largest absolute Gasteiger partial charge is 0.464 e. The lowest BCUT2D eigenvalue weighted by molar-refractivity contribution is -0.145. The van der Waals surface area contributed by atoms with E-state index >= 15 is 0 Å². The SMILES string of the molecule is CCCCCCCCOC(=O)C(C)NC(=O)c1ccc(C(F)(F)F)c(F)c1. The lowest BCUT2D eigenvalue weighted by Gasteiger charge is -2.14. The van der Waals surface area contributed by atoms with Crippen molar-refractivity contribution in [2.75, 3.05) is 6.61 Å². The lowest BCUT2D eigenvalue weighted by atomic mass is 10.1. The van der Waals surface area contributed by atoms with E-state index in [1.807, 2.05) is 0 Å². The summed E-state index contributed by atoms with van der Waals surface area (Å²) in [6, 6.07) is 0.844. The molecule has 0 radical (unpaired) electrons. The first kappa shape index (κ1) is 22.9. The molecule has 0 fully saturated rings. The number of benzene rings is 1. The fourth-order valence-electron chi connectivity index (χ4n) is 2.41. The number of hydrogen-bond donors (Lipinski definition) is 1. The summed E-state index contributed by atoms with van der Waals surface area (Å²) < 4.78 is 56.2. The predicted octanol–water partition coefficient (Wildman–Crippen LogP) is 4.87. The highest BCUT2D eigenvalue weighted by molar-refractivity contribution is 5.96. The van der Waals surface area contributed by atoms with Crippen LogP contribution in [0, 0.1) is 5.82 Å². The van der Waals surface area contributed by atoms with E-state index in [-0.39, 0.29) is 12.2 Å². The van der Waals surface area contributed by atoms with E-state index in [1.54, 1.807) is 0 Å². The highest BCUT2D eigenvalue weighted by Gasteiger charge is 2.34. The van der Waals surface area contributed by atoms with Crippen LogP contribution in [0.15, 0.2) is 18.2 Å². The summed E-state index contributed by atoms with van der Waals surface area (Å²) >= 11 is 0. The standard InChI is InChI=1S/C19H25F4NO3/c1-3-4-5-6-7-8-11-27-18(26)13(2)24-17(25)14-9-10-15(16(20)12-14)19(21,22)23/h9-10,12-13H,3-8,11H2,1-2H3,(H,24,25). The van der Waals surface area contributed by atoms with Gasteiger partial charge in [0.25, 0.3) is 5.91 Å². The minimum Gasteiger partial charge on any atom is -0.464 e. The fourth-order valence-corrected chi connectivity index (χ4v) is 2.41. The first-order valence-corrected chi connectivity index (χ1v) is 9.01. The number of esters is 1. The maximum absolute atomic E-state index is 13.5. The van der Waals surface area contributed by atoms with Gasteiger partial charge in [0.2, 0.25) is 0 Å². The van der Waals surface area contributed by atoms with Gasteiger partial charge in [0.05, 0.1) is 12.2 Å². The summed E-state index contributed by atoms with van der Waals surface area (Å²) in [5, 5.41) is 2.29. The minimum absolute atomic E-state index is 0.236. The third-order valence-corrected chi connectivity index (χ3v) is 3.98. The van der Waals surface area contributed by atoms with Gasteiger partial charge in [0, 0.05) is 5.56 Å². The summed E-state index contributed by atoms with van der Waals surface area (Å²) in [6.45, 7) is 3.75. The Morgan fingerprint density at radius 2 is 1.74 bits per heavy atom. The number of alkyl halides is 3. The van der Waals surface area contributed by atoms with Crippen LogP contribution in [0.3, 0.4) is 0 Å². The maximum atomic E-state index is 13.5. The average molecular weight is 391 g/mol. The number of carbonyl (C=O) groups is 2. The topological polar surface area (TPSA) is 55.4 Å². The molecule has 152 valence electrons. The van der Waals surface area contributed by atoms with E-state index in [0.717, 1.165) is 38.2 Å². The molecule has 0 saturated carbocycles. The molecule has 27 heavy (non-hydrogen) atoms. The van der Waals surface area contributed by atoms with Gasteiger partial charge in [-0.25, -0.2) is 9.18 Å². The maximum Gasteiger partial charge on any atom is 0.419 e. The molecule has 0 aliphatic heterocycles. The Morgan fingerprint density at radius 1 is 1.11 bits per heavy atom. The number of rotatable bonds is 10. The highest BCUT2D eigenvalue weighted by Crippen LogP contribution is 2.31. The third kappa shape index (κ3) is 7.97. The molecule has 0 aliphatic rings. The smallest absolute Gasteiger partial charge is 0.419 e. The van der Waals surface area contributed by atoms with Crippen LogP contribution < -0.4 is 5.32 Å². The first-order chi connectivity index (χ1) is 12.7. The van der Waals surface area contributed by atoms with Crippen LogP contribution >= 0.6 is 0 Å². The van der Waals surface area contributed by atoms with Gasteiger partial charge in [-0.05, 0) is 31.5 Å². The molecule has 0 aliphatic carbocycles. The van der Waals surface area contributed by atoms with Gasteiger partial charge in [-0.3, -0.25) is 4.79 Å². The fraction of sp³-hybridized carbons (Fsp3) is 0.579. The molecule has 8 heteroatoms. The molecule has 1 aromatic rings. The first-order valence-electron chi connectivity index (χ1n) is 9.01. The summed E-state index contributed by atoms with van der Waals surface area (Å²) in [4.78, 5) is 23.8. The normalized spacial score (nSPS) is 12.5. The van der Waals surface area contributed by atoms with E-state index in [4.69, 9.17) is 4.74 Å². The van der Waals surface area contributed by atoms with Crippen LogP contribution in [0.1, 0.15) is 68.3 Å². The van der Waals surface area contributed by atoms with Crippen LogP contribution in [0.25, 0.3) is 0 Å². The molecule has 4 nitrogen and oxygen atoms in total. The van der Waals surface area contributed by atoms with Crippen LogP contribution in [-0.2, 0) is 15.7 Å². The molecule has 0 saturated heterocycles. The molecular weight excluding hydrogens is 366 g/mol. The molecule has 1 rings (SSSR count). The van der Waals surface area contributed by atoms with E-state index in [2.05, 4.69) is 12.2 Å². The number of carbonyl (C=O) groups excluding carboxylic acids is 2. The second-order valence-electron chi connectivity index (χ2n) is 6.32. The summed E-state index contributed by atoms with van der Waals surface area (Å²) in [6.07, 6.45) is 1.35. The average Bonchev–Trinajstić information content (AvgIpc) is 2.59. The number of amides is 1. The van der Waals surface area contributed by atoms with E-state index in [1.165, 1.54) is 13.3 Å². The van der Waals surface area contributed by atoms with Crippen molar-refractivity contribution in [1.29, 1.82) is 0 Å². The molecule has 1 aromatic carbocycles. The Morgan fingerprint density at radius 3 is 2.33 bits per heavy atom. The molecule has 0 aromatic heterocycles. The van der Waals surface area contributed by atoms with Crippen LogP contribution in [0.5, 0.6) is 0 Å². The van der Waals surface area contributed by atoms with E-state index in [0.29, 0.717) is 12.1 Å². The van der Waals surface area contributed by atoms with Gasteiger partial charge >= 0.3 is 12.1 Å². The zero-order chi connectivity index (χ0) is 20.4. The molecule has 0 spiro atoms. The van der Waals surface area contributed by atoms with Crippen LogP contribution in [0.2, 0.25) is 0 Å². The zero-order valence-electron chi connectivity index (χ0n) is 15.5. The second kappa shape index (κ2) is 10.9. The summed E-state index contributed by atoms with van der Waals surface area (Å²) in [5.41, 5.74) is -1.76. The number of hydrogen-bond acceptors (Lipinski definition) is 3. The predicted molar refractivity (Wildman–Crippen MR) is 92.7 cm³/mol. The van der Waals surface area contributed by atoms with Crippen molar-refractivity contribution in [2.24, 2.45) is 0 Å². The third-order valence-electron chi connectivity index (χ3n) is 3.98. The van der Waals surface area contributed by atoms with Crippen molar-refractivity contribution < 1.29 is 31.9 Å². The van der Waals surface area contributed by atoms with Gasteiger partial charge < -0.3 is 10.1 Å². The highest BCUT2D eigenvalue weighted by atomic mass is 19.4. The van der Waals surface area contributed by atoms with Crippen molar-refractivity contribution in [3.05, 3.63) is 35.1 Å². The molecule has 1 atom stereocenters. The van der Waals surface area contributed by atoms with Gasteiger partial charge in [0.15, 0.2) is 0 Å². The monoisotopic (exact) mass is 391 g/mol.